The molecule has 0 atom stereocenters. The molecule has 0 aromatic heterocycles. The Morgan fingerprint density at radius 3 is 2.29 bits per heavy atom. The van der Waals surface area contributed by atoms with E-state index in [2.05, 4.69) is 25.4 Å². The molecule has 96 valence electrons. The molecule has 0 unspecified atom stereocenters. The second-order valence-corrected chi connectivity index (χ2v) is 3.60. The molecule has 0 spiro atoms. The van der Waals surface area contributed by atoms with Gasteiger partial charge < -0.3 is 15.2 Å². The Morgan fingerprint density at radius 1 is 1.24 bits per heavy atom. The number of alkyl halides is 5. The van der Waals surface area contributed by atoms with Crippen molar-refractivity contribution < 1.29 is 31.4 Å². The zero-order valence-electron chi connectivity index (χ0n) is 7.89. The van der Waals surface area contributed by atoms with Gasteiger partial charge in [0, 0.05) is 10.5 Å². The largest absolute Gasteiger partial charge is 0.573 e. The van der Waals surface area contributed by atoms with Crippen molar-refractivity contribution in [2.75, 3.05) is 5.73 Å². The van der Waals surface area contributed by atoms with Gasteiger partial charge in [0.05, 0.1) is 5.69 Å². The first-order chi connectivity index (χ1) is 7.69. The highest BCUT2D eigenvalue weighted by molar-refractivity contribution is 9.10. The molecule has 0 saturated heterocycles. The molecule has 9 heteroatoms. The monoisotopic (exact) mass is 321 g/mol. The fourth-order valence-electron chi connectivity index (χ4n) is 0.949. The molecule has 0 saturated carbocycles. The maximum Gasteiger partial charge on any atom is 0.573 e. The Hall–Kier alpha value is -1.25. The minimum atomic E-state index is -4.98. The lowest BCUT2D eigenvalue weighted by Crippen LogP contribution is -2.18. The number of rotatable bonds is 3. The van der Waals surface area contributed by atoms with E-state index in [1.165, 1.54) is 0 Å². The molecule has 1 aromatic carbocycles. The van der Waals surface area contributed by atoms with Crippen LogP contribution in [-0.2, 0) is 0 Å². The van der Waals surface area contributed by atoms with Crippen molar-refractivity contribution in [3.8, 4) is 11.5 Å². The van der Waals surface area contributed by atoms with Crippen LogP contribution in [0.4, 0.5) is 27.6 Å². The van der Waals surface area contributed by atoms with Gasteiger partial charge in [0.25, 0.3) is 0 Å². The Kier molecular flexibility index (Phi) is 4.02. The van der Waals surface area contributed by atoms with Crippen molar-refractivity contribution in [1.82, 2.24) is 0 Å². The summed E-state index contributed by atoms with van der Waals surface area (Å²) in [5.74, 6) is -1.32. The first-order valence-electron chi connectivity index (χ1n) is 3.98. The summed E-state index contributed by atoms with van der Waals surface area (Å²) in [6.07, 6.45) is -4.98. The minimum Gasteiger partial charge on any atom is -0.435 e. The Bertz CT molecular complexity index is 410. The van der Waals surface area contributed by atoms with Crippen LogP contribution in [0, 0.1) is 0 Å². The normalized spacial score (nSPS) is 11.7. The fourth-order valence-corrected chi connectivity index (χ4v) is 1.37. The molecular formula is C8H5BrF5NO2. The van der Waals surface area contributed by atoms with Crippen molar-refractivity contribution in [2.45, 2.75) is 13.0 Å². The zero-order chi connectivity index (χ0) is 13.2. The third-order valence-electron chi connectivity index (χ3n) is 1.52. The highest BCUT2D eigenvalue weighted by Crippen LogP contribution is 2.37. The fraction of sp³-hybridized carbons (Fsp3) is 0.250. The van der Waals surface area contributed by atoms with Crippen LogP contribution in [0.15, 0.2) is 16.6 Å². The summed E-state index contributed by atoms with van der Waals surface area (Å²) >= 11 is 2.80. The number of hydrogen-bond donors (Lipinski definition) is 1. The molecule has 0 fully saturated rings. The molecule has 0 amide bonds. The van der Waals surface area contributed by atoms with Crippen molar-refractivity contribution in [3.63, 3.8) is 0 Å². The summed E-state index contributed by atoms with van der Waals surface area (Å²) in [5.41, 5.74) is 4.90. The molecule has 0 heterocycles. The second-order valence-electron chi connectivity index (χ2n) is 2.74. The summed E-state index contributed by atoms with van der Waals surface area (Å²) in [5, 5.41) is 0. The molecule has 0 aliphatic carbocycles. The first-order valence-corrected chi connectivity index (χ1v) is 4.78. The van der Waals surface area contributed by atoms with Gasteiger partial charge in [-0.15, -0.1) is 13.2 Å². The van der Waals surface area contributed by atoms with Gasteiger partial charge >= 0.3 is 13.0 Å². The van der Waals surface area contributed by atoms with E-state index in [0.29, 0.717) is 6.07 Å². The number of benzene rings is 1. The second kappa shape index (κ2) is 4.94. The Labute approximate surface area is 100 Å². The predicted molar refractivity (Wildman–Crippen MR) is 51.9 cm³/mol. The molecule has 17 heavy (non-hydrogen) atoms. The lowest BCUT2D eigenvalue weighted by atomic mass is 10.3. The van der Waals surface area contributed by atoms with Gasteiger partial charge in [-0.3, -0.25) is 0 Å². The van der Waals surface area contributed by atoms with Gasteiger partial charge in [-0.25, -0.2) is 0 Å². The molecule has 2 N–H and O–H groups in total. The zero-order valence-corrected chi connectivity index (χ0v) is 9.48. The number of nitrogen functional groups attached to an aromatic ring is 1. The van der Waals surface area contributed by atoms with Gasteiger partial charge in [-0.1, -0.05) is 0 Å². The van der Waals surface area contributed by atoms with Crippen LogP contribution in [0.5, 0.6) is 11.5 Å². The first kappa shape index (κ1) is 13.8. The van der Waals surface area contributed by atoms with E-state index in [1.54, 1.807) is 0 Å². The lowest BCUT2D eigenvalue weighted by molar-refractivity contribution is -0.274. The molecule has 1 aromatic rings. The van der Waals surface area contributed by atoms with Crippen LogP contribution in [0.25, 0.3) is 0 Å². The molecule has 3 nitrogen and oxygen atoms in total. The van der Waals surface area contributed by atoms with Crippen LogP contribution >= 0.6 is 15.9 Å². The van der Waals surface area contributed by atoms with Crippen LogP contribution in [0.1, 0.15) is 0 Å². The van der Waals surface area contributed by atoms with Gasteiger partial charge in [0.2, 0.25) is 0 Å². The van der Waals surface area contributed by atoms with Gasteiger partial charge in [0.1, 0.15) is 5.75 Å². The third kappa shape index (κ3) is 4.25. The lowest BCUT2D eigenvalue weighted by Gasteiger charge is -2.14. The van der Waals surface area contributed by atoms with Gasteiger partial charge in [0.15, 0.2) is 5.75 Å². The molecule has 0 aliphatic heterocycles. The Morgan fingerprint density at radius 2 is 1.82 bits per heavy atom. The number of ether oxygens (including phenoxy) is 2. The molecule has 1 rings (SSSR count). The average Bonchev–Trinajstić information content (AvgIpc) is 2.09. The van der Waals surface area contributed by atoms with Gasteiger partial charge in [-0.05, 0) is 22.0 Å². The SMILES string of the molecule is Nc1c(Br)cc(OC(F)F)cc1OC(F)(F)F. The van der Waals surface area contributed by atoms with E-state index in [0.717, 1.165) is 6.07 Å². The van der Waals surface area contributed by atoms with Crippen molar-refractivity contribution in [1.29, 1.82) is 0 Å². The maximum absolute atomic E-state index is 12.0. The van der Waals surface area contributed by atoms with Crippen molar-refractivity contribution >= 4 is 21.6 Å². The smallest absolute Gasteiger partial charge is 0.435 e. The highest BCUT2D eigenvalue weighted by atomic mass is 79.9. The summed E-state index contributed by atoms with van der Waals surface area (Å²) in [7, 11) is 0. The number of anilines is 1. The maximum atomic E-state index is 12.0. The van der Waals surface area contributed by atoms with Crippen molar-refractivity contribution in [2.24, 2.45) is 0 Å². The van der Waals surface area contributed by atoms with Crippen molar-refractivity contribution in [3.05, 3.63) is 16.6 Å². The number of halogens is 6. The van der Waals surface area contributed by atoms with Crippen LogP contribution < -0.4 is 15.2 Å². The van der Waals surface area contributed by atoms with Crippen LogP contribution in [0.2, 0.25) is 0 Å². The van der Waals surface area contributed by atoms with Gasteiger partial charge in [-0.2, -0.15) is 8.78 Å². The summed E-state index contributed by atoms with van der Waals surface area (Å²) in [4.78, 5) is 0. The summed E-state index contributed by atoms with van der Waals surface area (Å²) in [6, 6.07) is 1.63. The third-order valence-corrected chi connectivity index (χ3v) is 2.17. The minimum absolute atomic E-state index is 0.0464. The van der Waals surface area contributed by atoms with E-state index >= 15 is 0 Å². The topological polar surface area (TPSA) is 44.5 Å². The Balaban J connectivity index is 3.07. The highest BCUT2D eigenvalue weighted by Gasteiger charge is 2.32. The number of hydrogen-bond acceptors (Lipinski definition) is 3. The van der Waals surface area contributed by atoms with Crippen LogP contribution in [0.3, 0.4) is 0 Å². The van der Waals surface area contributed by atoms with E-state index < -0.39 is 24.5 Å². The van der Waals surface area contributed by atoms with E-state index in [-0.39, 0.29) is 10.2 Å². The number of nitrogens with two attached hydrogens (primary N) is 1. The van der Waals surface area contributed by atoms with E-state index in [4.69, 9.17) is 5.73 Å². The van der Waals surface area contributed by atoms with E-state index in [9.17, 15) is 22.0 Å². The van der Waals surface area contributed by atoms with E-state index in [1.807, 2.05) is 0 Å². The van der Waals surface area contributed by atoms with Crippen LogP contribution in [-0.4, -0.2) is 13.0 Å². The standard InChI is InChI=1S/C8H5BrF5NO2/c9-4-1-3(16-7(10)11)2-5(6(4)15)17-8(12,13)14/h1-2,7H,15H2. The molecular weight excluding hydrogens is 317 g/mol. The predicted octanol–water partition coefficient (Wildman–Crippen LogP) is 3.53. The molecule has 0 radical (unpaired) electrons. The molecule has 0 bridgehead atoms. The molecule has 0 aliphatic rings. The summed E-state index contributed by atoms with van der Waals surface area (Å²) < 4.78 is 67.1. The quantitative estimate of drug-likeness (QED) is 0.684. The summed E-state index contributed by atoms with van der Waals surface area (Å²) in [6.45, 7) is -3.16. The average molecular weight is 322 g/mol.